The molecule has 1 aromatic heterocycles. The Balaban J connectivity index is 2.05. The third-order valence-electron chi connectivity index (χ3n) is 2.88. The molecule has 116 valence electrons. The quantitative estimate of drug-likeness (QED) is 0.832. The van der Waals surface area contributed by atoms with Crippen LogP contribution in [0.15, 0.2) is 36.5 Å². The van der Waals surface area contributed by atoms with Crippen molar-refractivity contribution in [2.75, 3.05) is 19.0 Å². The minimum absolute atomic E-state index is 0.243. The van der Waals surface area contributed by atoms with E-state index in [-0.39, 0.29) is 5.91 Å². The maximum Gasteiger partial charge on any atom is 0.249 e. The lowest BCUT2D eigenvalue weighted by Crippen LogP contribution is -2.08. The summed E-state index contributed by atoms with van der Waals surface area (Å²) in [4.78, 5) is 11.8. The Labute approximate surface area is 129 Å². The molecule has 1 aromatic carbocycles. The van der Waals surface area contributed by atoms with Crippen LogP contribution < -0.4 is 14.8 Å². The average molecular weight is 301 g/mol. The fourth-order valence-electron chi connectivity index (χ4n) is 1.89. The number of carbonyl (C=O) groups excluding carboxylic acids is 1. The van der Waals surface area contributed by atoms with Crippen molar-refractivity contribution in [2.45, 2.75) is 6.92 Å². The monoisotopic (exact) mass is 301 g/mol. The van der Waals surface area contributed by atoms with Crippen molar-refractivity contribution in [1.29, 1.82) is 0 Å². The summed E-state index contributed by atoms with van der Waals surface area (Å²) in [5, 5.41) is 6.76. The van der Waals surface area contributed by atoms with Crippen molar-refractivity contribution in [3.05, 3.63) is 42.1 Å². The fourth-order valence-corrected chi connectivity index (χ4v) is 1.89. The number of anilines is 1. The molecule has 0 aliphatic carbocycles. The number of aryl methyl sites for hydroxylation is 1. The van der Waals surface area contributed by atoms with Crippen molar-refractivity contribution in [2.24, 2.45) is 7.05 Å². The van der Waals surface area contributed by atoms with Gasteiger partial charge in [-0.15, -0.1) is 0 Å². The molecule has 0 saturated carbocycles. The van der Waals surface area contributed by atoms with Gasteiger partial charge in [0.1, 0.15) is 0 Å². The van der Waals surface area contributed by atoms with E-state index in [1.807, 2.05) is 19.1 Å². The SMILES string of the molecule is CCOc1cc(/C=C/C(=O)Nc2ccn(C)n2)ccc1OC. The van der Waals surface area contributed by atoms with Gasteiger partial charge in [-0.25, -0.2) is 0 Å². The summed E-state index contributed by atoms with van der Waals surface area (Å²) in [5.74, 6) is 1.59. The van der Waals surface area contributed by atoms with E-state index < -0.39 is 0 Å². The van der Waals surface area contributed by atoms with Gasteiger partial charge in [-0.3, -0.25) is 9.48 Å². The van der Waals surface area contributed by atoms with Crippen molar-refractivity contribution >= 4 is 17.8 Å². The van der Waals surface area contributed by atoms with Crippen molar-refractivity contribution in [3.63, 3.8) is 0 Å². The molecular formula is C16H19N3O3. The Hall–Kier alpha value is -2.76. The first-order valence-corrected chi connectivity index (χ1v) is 6.92. The summed E-state index contributed by atoms with van der Waals surface area (Å²) in [6.07, 6.45) is 4.92. The molecule has 1 N–H and O–H groups in total. The van der Waals surface area contributed by atoms with Crippen molar-refractivity contribution in [1.82, 2.24) is 9.78 Å². The smallest absolute Gasteiger partial charge is 0.249 e. The van der Waals surface area contributed by atoms with E-state index in [2.05, 4.69) is 10.4 Å². The van der Waals surface area contributed by atoms with Crippen LogP contribution in [0.1, 0.15) is 12.5 Å². The van der Waals surface area contributed by atoms with Crippen molar-refractivity contribution < 1.29 is 14.3 Å². The van der Waals surface area contributed by atoms with Gasteiger partial charge in [-0.05, 0) is 30.7 Å². The summed E-state index contributed by atoms with van der Waals surface area (Å²) < 4.78 is 12.3. The van der Waals surface area contributed by atoms with Crippen LogP contribution in [0.4, 0.5) is 5.82 Å². The second-order valence-electron chi connectivity index (χ2n) is 4.54. The molecule has 0 aliphatic heterocycles. The normalized spacial score (nSPS) is 10.7. The summed E-state index contributed by atoms with van der Waals surface area (Å²) in [7, 11) is 3.38. The zero-order valence-electron chi connectivity index (χ0n) is 12.9. The number of aromatic nitrogens is 2. The first-order valence-electron chi connectivity index (χ1n) is 6.92. The van der Waals surface area contributed by atoms with E-state index >= 15 is 0 Å². The van der Waals surface area contributed by atoms with Crippen LogP contribution in [-0.2, 0) is 11.8 Å². The molecule has 22 heavy (non-hydrogen) atoms. The number of ether oxygens (including phenoxy) is 2. The van der Waals surface area contributed by atoms with E-state index in [1.54, 1.807) is 43.2 Å². The highest BCUT2D eigenvalue weighted by molar-refractivity contribution is 6.01. The van der Waals surface area contributed by atoms with Crippen molar-refractivity contribution in [3.8, 4) is 11.5 Å². The second kappa shape index (κ2) is 7.31. The zero-order chi connectivity index (χ0) is 15.9. The van der Waals surface area contributed by atoms with Gasteiger partial charge in [0.05, 0.1) is 13.7 Å². The molecule has 0 saturated heterocycles. The van der Waals surface area contributed by atoms with Gasteiger partial charge in [0.15, 0.2) is 17.3 Å². The maximum absolute atomic E-state index is 11.8. The lowest BCUT2D eigenvalue weighted by atomic mass is 10.2. The number of nitrogens with zero attached hydrogens (tertiary/aromatic N) is 2. The molecule has 0 radical (unpaired) electrons. The Bertz CT molecular complexity index is 677. The lowest BCUT2D eigenvalue weighted by Gasteiger charge is -2.09. The molecule has 2 aromatic rings. The number of methoxy groups -OCH3 is 1. The molecule has 0 atom stereocenters. The standard InChI is InChI=1S/C16H19N3O3/c1-4-22-14-11-12(5-7-13(14)21-3)6-8-16(20)17-15-9-10-19(2)18-15/h5-11H,4H2,1-3H3,(H,17,18,20)/b8-6+. The molecule has 0 fully saturated rings. The van der Waals surface area contributed by atoms with Crippen LogP contribution in [-0.4, -0.2) is 29.4 Å². The second-order valence-corrected chi connectivity index (χ2v) is 4.54. The van der Waals surface area contributed by atoms with Gasteiger partial charge in [0.2, 0.25) is 5.91 Å². The maximum atomic E-state index is 11.8. The molecule has 6 nitrogen and oxygen atoms in total. The molecule has 1 amide bonds. The first kappa shape index (κ1) is 15.6. The van der Waals surface area contributed by atoms with Crippen LogP contribution in [0.25, 0.3) is 6.08 Å². The number of hydrogen-bond acceptors (Lipinski definition) is 4. The summed E-state index contributed by atoms with van der Waals surface area (Å²) in [6, 6.07) is 7.21. The Morgan fingerprint density at radius 2 is 2.18 bits per heavy atom. The molecule has 6 heteroatoms. The van der Waals surface area contributed by atoms with Crippen LogP contribution in [0.2, 0.25) is 0 Å². The molecule has 2 rings (SSSR count). The highest BCUT2D eigenvalue weighted by Gasteiger charge is 2.05. The molecular weight excluding hydrogens is 282 g/mol. The van der Waals surface area contributed by atoms with E-state index in [0.717, 1.165) is 5.56 Å². The minimum Gasteiger partial charge on any atom is -0.493 e. The van der Waals surface area contributed by atoms with Gasteiger partial charge in [-0.1, -0.05) is 6.07 Å². The predicted octanol–water partition coefficient (Wildman–Crippen LogP) is 2.48. The summed E-state index contributed by atoms with van der Waals surface area (Å²) in [6.45, 7) is 2.45. The Morgan fingerprint density at radius 3 is 2.82 bits per heavy atom. The number of benzene rings is 1. The summed E-state index contributed by atoms with van der Waals surface area (Å²) >= 11 is 0. The van der Waals surface area contributed by atoms with Crippen LogP contribution >= 0.6 is 0 Å². The van der Waals surface area contributed by atoms with Gasteiger partial charge < -0.3 is 14.8 Å². The third-order valence-corrected chi connectivity index (χ3v) is 2.88. The van der Waals surface area contributed by atoms with E-state index in [0.29, 0.717) is 23.9 Å². The predicted molar refractivity (Wildman–Crippen MR) is 85.0 cm³/mol. The summed E-state index contributed by atoms with van der Waals surface area (Å²) in [5.41, 5.74) is 0.848. The molecule has 0 spiro atoms. The number of rotatable bonds is 6. The van der Waals surface area contributed by atoms with E-state index in [1.165, 1.54) is 6.08 Å². The van der Waals surface area contributed by atoms with Crippen LogP contribution in [0.5, 0.6) is 11.5 Å². The van der Waals surface area contributed by atoms with Crippen LogP contribution in [0.3, 0.4) is 0 Å². The molecule has 1 heterocycles. The van der Waals surface area contributed by atoms with E-state index in [4.69, 9.17) is 9.47 Å². The van der Waals surface area contributed by atoms with Gasteiger partial charge in [-0.2, -0.15) is 5.10 Å². The fraction of sp³-hybridized carbons (Fsp3) is 0.250. The first-order chi connectivity index (χ1) is 10.6. The highest BCUT2D eigenvalue weighted by Crippen LogP contribution is 2.28. The lowest BCUT2D eigenvalue weighted by molar-refractivity contribution is -0.111. The highest BCUT2D eigenvalue weighted by atomic mass is 16.5. The zero-order valence-corrected chi connectivity index (χ0v) is 12.9. The third kappa shape index (κ3) is 4.12. The largest absolute Gasteiger partial charge is 0.493 e. The Morgan fingerprint density at radius 1 is 1.36 bits per heavy atom. The van der Waals surface area contributed by atoms with Gasteiger partial charge >= 0.3 is 0 Å². The van der Waals surface area contributed by atoms with Crippen LogP contribution in [0, 0.1) is 0 Å². The number of carbonyl (C=O) groups is 1. The van der Waals surface area contributed by atoms with Gasteiger partial charge in [0, 0.05) is 25.4 Å². The van der Waals surface area contributed by atoms with Gasteiger partial charge in [0.25, 0.3) is 0 Å². The molecule has 0 unspecified atom stereocenters. The molecule has 0 aliphatic rings. The Kier molecular flexibility index (Phi) is 5.19. The average Bonchev–Trinajstić information content (AvgIpc) is 2.91. The molecule has 0 bridgehead atoms. The van der Waals surface area contributed by atoms with E-state index in [9.17, 15) is 4.79 Å². The number of hydrogen-bond donors (Lipinski definition) is 1. The minimum atomic E-state index is -0.243. The topological polar surface area (TPSA) is 65.4 Å². The number of nitrogens with one attached hydrogen (secondary N) is 1. The number of amides is 1.